The molecule has 0 saturated carbocycles. The number of ether oxygens (including phenoxy) is 1. The highest BCUT2D eigenvalue weighted by Crippen LogP contribution is 2.40. The summed E-state index contributed by atoms with van der Waals surface area (Å²) in [5, 5.41) is 13.6. The van der Waals surface area contributed by atoms with Crippen molar-refractivity contribution in [2.24, 2.45) is 10.5 Å². The molecule has 1 N–H and O–H groups in total. The number of hydrogen-bond acceptors (Lipinski definition) is 3. The average molecular weight is 338 g/mol. The lowest BCUT2D eigenvalue weighted by molar-refractivity contribution is -0.141. The monoisotopic (exact) mass is 337 g/mol. The highest BCUT2D eigenvalue weighted by Gasteiger charge is 2.40. The van der Waals surface area contributed by atoms with Crippen LogP contribution >= 0.6 is 11.6 Å². The number of carboxylic acids is 1. The molecule has 23 heavy (non-hydrogen) atoms. The van der Waals surface area contributed by atoms with E-state index in [1.54, 1.807) is 24.3 Å². The summed E-state index contributed by atoms with van der Waals surface area (Å²) in [6, 6.07) is 5.71. The van der Waals surface area contributed by atoms with Crippen LogP contribution in [0.25, 0.3) is 10.4 Å². The van der Waals surface area contributed by atoms with Gasteiger partial charge in [-0.15, -0.1) is 0 Å². The van der Waals surface area contributed by atoms with Crippen LogP contribution in [0.2, 0.25) is 5.02 Å². The molecule has 1 aliphatic heterocycles. The van der Waals surface area contributed by atoms with Crippen LogP contribution in [0.3, 0.4) is 0 Å². The van der Waals surface area contributed by atoms with Crippen molar-refractivity contribution in [3.8, 4) is 0 Å². The summed E-state index contributed by atoms with van der Waals surface area (Å²) in [6.45, 7) is 4.82. The molecule has 0 spiro atoms. The Balaban J connectivity index is 2.43. The summed E-state index contributed by atoms with van der Waals surface area (Å²) in [6.07, 6.45) is 1.28. The minimum Gasteiger partial charge on any atom is -0.481 e. The van der Waals surface area contributed by atoms with Gasteiger partial charge in [-0.05, 0) is 41.5 Å². The summed E-state index contributed by atoms with van der Waals surface area (Å²) >= 11 is 5.92. The molecule has 1 saturated heterocycles. The van der Waals surface area contributed by atoms with Crippen molar-refractivity contribution in [3.05, 3.63) is 45.3 Å². The zero-order valence-corrected chi connectivity index (χ0v) is 13.9. The number of benzene rings is 1. The van der Waals surface area contributed by atoms with Crippen LogP contribution in [-0.4, -0.2) is 29.8 Å². The molecule has 2 rings (SSSR count). The number of aliphatic carboxylic acids is 1. The largest absolute Gasteiger partial charge is 0.481 e. The predicted molar refractivity (Wildman–Crippen MR) is 87.5 cm³/mol. The van der Waals surface area contributed by atoms with E-state index in [9.17, 15) is 9.90 Å². The van der Waals surface area contributed by atoms with Gasteiger partial charge in [0, 0.05) is 22.5 Å². The Morgan fingerprint density at radius 2 is 2.13 bits per heavy atom. The van der Waals surface area contributed by atoms with E-state index < -0.39 is 17.9 Å². The summed E-state index contributed by atoms with van der Waals surface area (Å²) in [7, 11) is 0. The molecule has 1 unspecified atom stereocenters. The summed E-state index contributed by atoms with van der Waals surface area (Å²) in [5.41, 5.74) is 9.56. The summed E-state index contributed by atoms with van der Waals surface area (Å²) in [5.74, 6) is -1.71. The van der Waals surface area contributed by atoms with Gasteiger partial charge in [0.1, 0.15) is 6.04 Å². The maximum Gasteiger partial charge on any atom is 0.313 e. The highest BCUT2D eigenvalue weighted by molar-refractivity contribution is 6.30. The molecule has 0 amide bonds. The maximum absolute atomic E-state index is 11.6. The van der Waals surface area contributed by atoms with Gasteiger partial charge in [0.15, 0.2) is 0 Å². The maximum atomic E-state index is 11.6. The second-order valence-corrected chi connectivity index (χ2v) is 7.03. The molecular weight excluding hydrogens is 318 g/mol. The van der Waals surface area contributed by atoms with E-state index in [0.29, 0.717) is 18.1 Å². The molecule has 1 fully saturated rings. The second kappa shape index (κ2) is 7.21. The molecule has 1 aromatic carbocycles. The minimum atomic E-state index is -1.22. The first-order valence-corrected chi connectivity index (χ1v) is 7.86. The predicted octanol–water partition coefficient (Wildman–Crippen LogP) is 4.39. The van der Waals surface area contributed by atoms with Gasteiger partial charge in [-0.2, -0.15) is 0 Å². The topological polar surface area (TPSA) is 95.3 Å². The lowest BCUT2D eigenvalue weighted by atomic mass is 9.75. The normalized spacial score (nSPS) is 22.7. The zero-order chi connectivity index (χ0) is 17.0. The van der Waals surface area contributed by atoms with Crippen LogP contribution in [-0.2, 0) is 9.53 Å². The molecule has 0 aromatic heterocycles. The van der Waals surface area contributed by atoms with E-state index >= 15 is 0 Å². The van der Waals surface area contributed by atoms with Crippen molar-refractivity contribution < 1.29 is 14.6 Å². The lowest BCUT2D eigenvalue weighted by Crippen LogP contribution is -2.41. The lowest BCUT2D eigenvalue weighted by Gasteiger charge is -2.40. The third-order valence-electron chi connectivity index (χ3n) is 4.29. The highest BCUT2D eigenvalue weighted by atomic mass is 35.5. The molecule has 6 nitrogen and oxygen atoms in total. The van der Waals surface area contributed by atoms with Gasteiger partial charge in [-0.25, -0.2) is 0 Å². The fraction of sp³-hybridized carbons (Fsp3) is 0.562. The molecule has 0 radical (unpaired) electrons. The molecule has 3 atom stereocenters. The molecule has 1 aliphatic rings. The standard InChI is InChI=1S/C16H20ClN3O3/c1-16(2)7-8-23-12(9-16)13(14(15(21)22)19-20-18)10-3-5-11(17)6-4-10/h3-6,12-14H,7-9H2,1-2H3,(H,21,22)/t12?,13-,14+/m0/s1. The first-order valence-electron chi connectivity index (χ1n) is 7.48. The van der Waals surface area contributed by atoms with E-state index in [1.807, 2.05) is 0 Å². The Bertz CT molecular complexity index is 610. The van der Waals surface area contributed by atoms with Crippen molar-refractivity contribution >= 4 is 17.6 Å². The van der Waals surface area contributed by atoms with Crippen molar-refractivity contribution in [2.45, 2.75) is 44.8 Å². The zero-order valence-electron chi connectivity index (χ0n) is 13.1. The van der Waals surface area contributed by atoms with E-state index in [-0.39, 0.29) is 11.5 Å². The van der Waals surface area contributed by atoms with Gasteiger partial charge in [0.05, 0.1) is 6.10 Å². The van der Waals surface area contributed by atoms with E-state index in [2.05, 4.69) is 23.9 Å². The van der Waals surface area contributed by atoms with Crippen molar-refractivity contribution in [3.63, 3.8) is 0 Å². The summed E-state index contributed by atoms with van der Waals surface area (Å²) in [4.78, 5) is 14.3. The number of hydrogen-bond donors (Lipinski definition) is 1. The van der Waals surface area contributed by atoms with Crippen LogP contribution in [0.15, 0.2) is 29.4 Å². The van der Waals surface area contributed by atoms with Crippen LogP contribution < -0.4 is 0 Å². The molecule has 0 aliphatic carbocycles. The smallest absolute Gasteiger partial charge is 0.313 e. The van der Waals surface area contributed by atoms with Crippen LogP contribution in [0.1, 0.15) is 38.2 Å². The molecule has 124 valence electrons. The number of rotatable bonds is 5. The number of halogens is 1. The van der Waals surface area contributed by atoms with Gasteiger partial charge in [0.25, 0.3) is 0 Å². The second-order valence-electron chi connectivity index (χ2n) is 6.59. The Morgan fingerprint density at radius 1 is 1.48 bits per heavy atom. The Labute approximate surface area is 140 Å². The minimum absolute atomic E-state index is 0.0486. The van der Waals surface area contributed by atoms with Gasteiger partial charge in [-0.1, -0.05) is 42.7 Å². The summed E-state index contributed by atoms with van der Waals surface area (Å²) < 4.78 is 5.86. The third-order valence-corrected chi connectivity index (χ3v) is 4.54. The van der Waals surface area contributed by atoms with E-state index in [1.165, 1.54) is 0 Å². The number of carboxylic acid groups (broad SMARTS) is 1. The first-order chi connectivity index (χ1) is 10.8. The molecule has 1 aromatic rings. The van der Waals surface area contributed by atoms with Gasteiger partial charge in [0.2, 0.25) is 0 Å². The number of nitrogens with zero attached hydrogens (tertiary/aromatic N) is 3. The van der Waals surface area contributed by atoms with E-state index in [0.717, 1.165) is 12.0 Å². The fourth-order valence-electron chi connectivity index (χ4n) is 3.04. The average Bonchev–Trinajstić information content (AvgIpc) is 2.47. The van der Waals surface area contributed by atoms with E-state index in [4.69, 9.17) is 21.9 Å². The first kappa shape index (κ1) is 17.6. The van der Waals surface area contributed by atoms with Crippen molar-refractivity contribution in [1.82, 2.24) is 0 Å². The fourth-order valence-corrected chi connectivity index (χ4v) is 3.16. The van der Waals surface area contributed by atoms with Crippen LogP contribution in [0.4, 0.5) is 0 Å². The number of carbonyl (C=O) groups is 1. The van der Waals surface area contributed by atoms with Crippen molar-refractivity contribution in [1.29, 1.82) is 0 Å². The number of azide groups is 1. The molecular formula is C16H20ClN3O3. The SMILES string of the molecule is CC1(C)CCOC([C@H](c2ccc(Cl)cc2)[C@@H](N=[N+]=[N-])C(=O)O)C1. The quantitative estimate of drug-likeness (QED) is 0.490. The molecule has 7 heteroatoms. The van der Waals surface area contributed by atoms with Gasteiger partial charge < -0.3 is 9.84 Å². The Hall–Kier alpha value is -1.75. The van der Waals surface area contributed by atoms with Crippen molar-refractivity contribution in [2.75, 3.05) is 6.61 Å². The van der Waals surface area contributed by atoms with Gasteiger partial charge in [-0.3, -0.25) is 4.79 Å². The van der Waals surface area contributed by atoms with Crippen LogP contribution in [0, 0.1) is 5.41 Å². The Morgan fingerprint density at radius 3 is 2.65 bits per heavy atom. The third kappa shape index (κ3) is 4.38. The Kier molecular flexibility index (Phi) is 5.52. The molecule has 1 heterocycles. The molecule has 0 bridgehead atoms. The van der Waals surface area contributed by atoms with Crippen LogP contribution in [0.5, 0.6) is 0 Å². The van der Waals surface area contributed by atoms with Gasteiger partial charge >= 0.3 is 5.97 Å².